The topological polar surface area (TPSA) is 626 Å². The van der Waals surface area contributed by atoms with Crippen LogP contribution >= 0.6 is 15.9 Å². The van der Waals surface area contributed by atoms with E-state index in [1.54, 1.807) is 153 Å². The predicted octanol–water partition coefficient (Wildman–Crippen LogP) is 11.3. The monoisotopic (exact) mass is 1930 g/mol. The number of carboxylic acids is 2. The zero-order chi connectivity index (χ0) is 100. The van der Waals surface area contributed by atoms with Gasteiger partial charge in [0.05, 0.1) is 61.9 Å². The van der Waals surface area contributed by atoms with Gasteiger partial charge < -0.3 is 72.9 Å². The second-order valence-electron chi connectivity index (χ2n) is 28.2. The van der Waals surface area contributed by atoms with Crippen molar-refractivity contribution in [2.45, 2.75) is 165 Å². The van der Waals surface area contributed by atoms with Crippen molar-refractivity contribution in [3.05, 3.63) is 314 Å². The number of esters is 3. The summed E-state index contributed by atoms with van der Waals surface area (Å²) in [6, 6.07) is 42.3. The van der Waals surface area contributed by atoms with Crippen molar-refractivity contribution in [2.24, 2.45) is 11.8 Å². The van der Waals surface area contributed by atoms with Gasteiger partial charge in [-0.2, -0.15) is 14.4 Å². The number of aliphatic hydroxyl groups excluding tert-OH is 1. The normalized spacial score (nSPS) is 11.0. The number of amides is 3. The van der Waals surface area contributed by atoms with Gasteiger partial charge in [0.1, 0.15) is 30.8 Å². The number of aryl methyl sites for hydroxylation is 6. The number of nitrogens with one attached hydrogen (secondary N) is 3. The summed E-state index contributed by atoms with van der Waals surface area (Å²) in [5.41, 5.74) is 17.7. The predicted molar refractivity (Wildman–Crippen MR) is 478 cm³/mol. The molecule has 4 atom stereocenters. The summed E-state index contributed by atoms with van der Waals surface area (Å²) in [5.74, 6) is -6.15. The maximum Gasteiger partial charge on any atom is 0.408 e. The van der Waals surface area contributed by atoms with E-state index in [9.17, 15) is 109 Å². The van der Waals surface area contributed by atoms with Crippen LogP contribution in [0.4, 0.5) is 43.7 Å². The number of aliphatic carboxylic acids is 2. The average Bonchev–Trinajstić information content (AvgIpc) is 0.800. The Bertz CT molecular complexity index is 5330. The molecule has 0 bridgehead atoms. The van der Waals surface area contributed by atoms with Crippen molar-refractivity contribution in [2.75, 3.05) is 19.8 Å². The van der Waals surface area contributed by atoms with Gasteiger partial charge in [-0.05, 0) is 160 Å². The Balaban J connectivity index is 0.00000156. The minimum absolute atomic E-state index is 0. The molecule has 0 saturated heterocycles. The highest BCUT2D eigenvalue weighted by Crippen LogP contribution is 2.28. The highest BCUT2D eigenvalue weighted by Gasteiger charge is 2.40. The number of benzene rings is 8. The standard InChI is InChI=1S/C19H18N4O5.C18H18N2O6.C16H22N2O5.C11H13NO4.C8H8BrNO2.C8H9NO3.C8H14O4.CO2.ClH/c1-13-7-8-16(23(26)27)9-15(13)10-17(18(24)11-21-20)22-19(25)28-12-14-5-3-2-4-6-14;1-12-7-8-15(20(24)25)9-14(12)10-16(17(21)22)19-18(23)26-11-13-5-3-2-4-6-13;1-5-16(17-12(4)19,15(20)23-6-2)10-13-9-14(18(21)22)8-7-11(13)3;1-7-3-4-10(12(15)16)6-9(7)5-8(2)11(13)14;1-6-2-3-8(10(11)12)4-7(6)5-9;1-6-2-3-8(9(11)12)4-7(6)5-10;1-4-11-7(9)6(3)8(10)12-5-2;2-1-3;/h2-9,11,17H,10,12H2,1H3,(H,22,25);2-9,16H,10-11H2,1H3,(H,19,23)(H,21,22);7-9H,5-6,10H2,1-4H3,(H,17,19);3-4,6,8H,5H2,1-2H3,(H,13,14);2-4H,5H2,1H3;2-4,10H,5H2,1H3;6H,4-5H2,1-3H3;;1H/p-1. The molecule has 0 heterocycles. The SMILES string of the molecule is CCOC(=O)C(C)C(=O)OCC.CCOC(=O)C(CC)(Cc1cc([N+](=O)[O-])ccc1C)NC(C)=O.Cc1ccc([N+](=O)[O-])cc1CBr.Cc1ccc([N+](=O)[O-])cc1CC(C)C(=O)O.Cc1ccc([N+](=O)[O-])cc1CC(NC(=O)OCc1ccccc1)C(=O)C=[N+]=[N-].Cc1ccc([N+](=O)[O-])cc1CC(NC(=O)OCc1ccccc1)C(=O)O.Cc1ccc([N+](=O)[O-])cc1CO.O=C=O.[Cl-]. The van der Waals surface area contributed by atoms with Crippen LogP contribution in [0.5, 0.6) is 0 Å². The Kier molecular flexibility index (Phi) is 54.9. The fourth-order valence-corrected chi connectivity index (χ4v) is 11.7. The number of halogens is 2. The first-order chi connectivity index (χ1) is 62.3. The molecule has 133 heavy (non-hydrogen) atoms. The highest BCUT2D eigenvalue weighted by molar-refractivity contribution is 9.08. The molecule has 42 nitrogen and oxygen atoms in total. The quantitative estimate of drug-likeness (QED) is 0.00251. The Hall–Kier alpha value is -15.3. The number of hydrogen-bond acceptors (Lipinski definition) is 29. The molecule has 3 amide bonds. The molecule has 8 aromatic carbocycles. The first-order valence-corrected chi connectivity index (χ1v) is 40.9. The van der Waals surface area contributed by atoms with Crippen molar-refractivity contribution in [1.82, 2.24) is 16.0 Å². The van der Waals surface area contributed by atoms with Gasteiger partial charge in [-0.1, -0.05) is 127 Å². The molecule has 0 aliphatic heterocycles. The number of alkyl carbamates (subject to hydrolysis) is 2. The number of carbonyl (C=O) groups excluding carboxylic acids is 9. The molecule has 44 heteroatoms. The van der Waals surface area contributed by atoms with Crippen molar-refractivity contribution < 1.29 is 138 Å². The smallest absolute Gasteiger partial charge is 0.408 e. The van der Waals surface area contributed by atoms with E-state index < -0.39 is 102 Å². The lowest BCUT2D eigenvalue weighted by molar-refractivity contribution is -0.385. The number of ether oxygens (including phenoxy) is 5. The second kappa shape index (κ2) is 62.0. The average molecular weight is 1940 g/mol. The largest absolute Gasteiger partial charge is 1.00 e. The van der Waals surface area contributed by atoms with E-state index in [1.165, 1.54) is 80.6 Å². The van der Waals surface area contributed by atoms with Crippen LogP contribution in [0.3, 0.4) is 0 Å². The third-order valence-corrected chi connectivity index (χ3v) is 19.3. The number of nitrogens with zero attached hydrogens (tertiary/aromatic N) is 8. The Morgan fingerprint density at radius 3 is 1.08 bits per heavy atom. The van der Waals surface area contributed by atoms with Crippen molar-refractivity contribution >= 4 is 116 Å². The number of aliphatic hydroxyl groups is 1. The number of carboxylic acid groups (broad SMARTS) is 2. The summed E-state index contributed by atoms with van der Waals surface area (Å²) >= 11 is 3.27. The number of nitro benzene ring substituents is 6. The van der Waals surface area contributed by atoms with Crippen LogP contribution in [-0.2, 0) is 118 Å². The summed E-state index contributed by atoms with van der Waals surface area (Å²) in [6.07, 6.45) is -0.163. The molecule has 0 aromatic heterocycles. The maximum atomic E-state index is 12.4. The summed E-state index contributed by atoms with van der Waals surface area (Å²) in [7, 11) is 0. The molecule has 0 spiro atoms. The van der Waals surface area contributed by atoms with E-state index in [0.29, 0.717) is 63.3 Å². The molecule has 0 fully saturated rings. The van der Waals surface area contributed by atoms with Gasteiger partial charge >= 0.3 is 54.4 Å². The Morgan fingerprint density at radius 1 is 0.466 bits per heavy atom. The molecule has 0 aliphatic rings. The van der Waals surface area contributed by atoms with Crippen molar-refractivity contribution in [3.63, 3.8) is 0 Å². The van der Waals surface area contributed by atoms with Crippen LogP contribution in [0.15, 0.2) is 170 Å². The molecular formula is C89H102BrClN11O31-. The van der Waals surface area contributed by atoms with E-state index in [4.69, 9.17) is 39.5 Å². The van der Waals surface area contributed by atoms with Crippen LogP contribution in [-0.4, -0.2) is 153 Å². The fraction of sp³-hybridized carbons (Fsp3) is 0.337. The third-order valence-electron chi connectivity index (χ3n) is 18.7. The number of alkyl halides is 1. The lowest BCUT2D eigenvalue weighted by Gasteiger charge is -2.31. The van der Waals surface area contributed by atoms with E-state index in [1.807, 2.05) is 26.0 Å². The van der Waals surface area contributed by atoms with Gasteiger partial charge in [0.2, 0.25) is 5.91 Å². The number of nitro groups is 6. The van der Waals surface area contributed by atoms with Gasteiger partial charge in [-0.3, -0.25) is 84.7 Å². The Labute approximate surface area is 777 Å². The second-order valence-corrected chi connectivity index (χ2v) is 28.7. The van der Waals surface area contributed by atoms with E-state index >= 15 is 0 Å². The lowest BCUT2D eigenvalue weighted by atomic mass is 9.86. The zero-order valence-electron chi connectivity index (χ0n) is 74.6. The van der Waals surface area contributed by atoms with Gasteiger partial charge in [-0.15, -0.1) is 0 Å². The summed E-state index contributed by atoms with van der Waals surface area (Å²) in [4.78, 5) is 184. The van der Waals surface area contributed by atoms with Crippen LogP contribution in [0.2, 0.25) is 0 Å². The third kappa shape index (κ3) is 43.6. The number of hydrogen-bond donors (Lipinski definition) is 6. The van der Waals surface area contributed by atoms with E-state index in [2.05, 4.69) is 46.1 Å². The van der Waals surface area contributed by atoms with Crippen LogP contribution < -0.4 is 28.4 Å². The van der Waals surface area contributed by atoms with Crippen LogP contribution in [0, 0.1) is 114 Å². The maximum absolute atomic E-state index is 12.4. The van der Waals surface area contributed by atoms with Gasteiger partial charge in [0.15, 0.2) is 5.92 Å². The lowest BCUT2D eigenvalue weighted by Crippen LogP contribution is -3.00. The minimum Gasteiger partial charge on any atom is -1.00 e. The fourth-order valence-electron chi connectivity index (χ4n) is 11.1. The van der Waals surface area contributed by atoms with Gasteiger partial charge in [0, 0.05) is 104 Å². The van der Waals surface area contributed by atoms with Crippen LogP contribution in [0.25, 0.3) is 5.53 Å². The van der Waals surface area contributed by atoms with Crippen molar-refractivity contribution in [3.8, 4) is 0 Å². The van der Waals surface area contributed by atoms with Crippen molar-refractivity contribution in [1.29, 1.82) is 0 Å². The summed E-state index contributed by atoms with van der Waals surface area (Å²) in [5, 5.41) is 99.0. The number of Topliss-reactive ketones (excluding diaryl/α,β-unsaturated/α-hetero) is 1. The Morgan fingerprint density at radius 2 is 0.774 bits per heavy atom. The molecule has 4 unspecified atom stereocenters. The molecule has 8 aromatic rings. The number of non-ortho nitro benzene ring substituents is 6. The zero-order valence-corrected chi connectivity index (χ0v) is 77.0. The minimum atomic E-state index is -1.26. The van der Waals surface area contributed by atoms with Crippen LogP contribution in [0.1, 0.15) is 133 Å². The van der Waals surface area contributed by atoms with Gasteiger partial charge in [0.25, 0.3) is 39.9 Å². The first-order valence-electron chi connectivity index (χ1n) is 39.8. The van der Waals surface area contributed by atoms with Gasteiger partial charge in [-0.25, -0.2) is 19.2 Å². The highest BCUT2D eigenvalue weighted by atomic mass is 79.9. The molecule has 0 saturated carbocycles. The molecule has 714 valence electrons. The first kappa shape index (κ1) is 118. The van der Waals surface area contributed by atoms with E-state index in [-0.39, 0.29) is 122 Å². The molecule has 8 rings (SSSR count). The molecule has 0 aliphatic carbocycles. The summed E-state index contributed by atoms with van der Waals surface area (Å²) < 4.78 is 24.5. The number of carbonyl (C=O) groups is 9. The summed E-state index contributed by atoms with van der Waals surface area (Å²) in [6.45, 7) is 22.6. The number of rotatable bonds is 34. The molecule has 0 radical (unpaired) electrons. The number of ketones is 1. The van der Waals surface area contributed by atoms with E-state index in [0.717, 1.165) is 38.9 Å². The molecular weight excluding hydrogens is 1830 g/mol. The molecule has 6 N–H and O–H groups in total.